The molecule has 3 aromatic rings. The normalized spacial score (nSPS) is 15.2. The fraction of sp³-hybridized carbons (Fsp3) is 0.250. The molecule has 1 unspecified atom stereocenters. The minimum Gasteiger partial charge on any atom is -0.368 e. The number of anilines is 1. The van der Waals surface area contributed by atoms with Crippen LogP contribution in [0.15, 0.2) is 79.0 Å². The molecule has 0 aliphatic carbocycles. The standard InChI is InChI=1S/C24H24FN3O/c25-20-11-9-19(10-12-20)23(18-21-6-4-5-13-26-21)24(29)28-16-14-27(15-17-28)22-7-2-1-3-8-22/h1-13,23H,14-18H2. The van der Waals surface area contributed by atoms with Gasteiger partial charge in [-0.05, 0) is 42.0 Å². The Balaban J connectivity index is 1.50. The van der Waals surface area contributed by atoms with Crippen molar-refractivity contribution in [2.75, 3.05) is 31.1 Å². The number of hydrogen-bond donors (Lipinski definition) is 0. The van der Waals surface area contributed by atoms with Crippen LogP contribution in [0.4, 0.5) is 10.1 Å². The molecule has 1 saturated heterocycles. The lowest BCUT2D eigenvalue weighted by Crippen LogP contribution is -2.50. The van der Waals surface area contributed by atoms with Crippen LogP contribution in [0.1, 0.15) is 17.2 Å². The Morgan fingerprint density at radius 2 is 1.59 bits per heavy atom. The minimum absolute atomic E-state index is 0.0787. The van der Waals surface area contributed by atoms with E-state index >= 15 is 0 Å². The molecule has 29 heavy (non-hydrogen) atoms. The molecule has 1 fully saturated rings. The van der Waals surface area contributed by atoms with Crippen molar-refractivity contribution in [3.63, 3.8) is 0 Å². The Labute approximate surface area is 170 Å². The van der Waals surface area contributed by atoms with Crippen LogP contribution < -0.4 is 4.90 Å². The highest BCUT2D eigenvalue weighted by atomic mass is 19.1. The summed E-state index contributed by atoms with van der Waals surface area (Å²) in [4.78, 5) is 22.0. The quantitative estimate of drug-likeness (QED) is 0.664. The predicted octanol–water partition coefficient (Wildman–Crippen LogP) is 3.90. The molecule has 1 aliphatic heterocycles. The largest absolute Gasteiger partial charge is 0.368 e. The Hall–Kier alpha value is -3.21. The molecule has 1 atom stereocenters. The van der Waals surface area contributed by atoms with Gasteiger partial charge in [-0.25, -0.2) is 4.39 Å². The first-order chi connectivity index (χ1) is 14.2. The Kier molecular flexibility index (Phi) is 5.84. The molecule has 1 aliphatic rings. The summed E-state index contributed by atoms with van der Waals surface area (Å²) < 4.78 is 13.4. The van der Waals surface area contributed by atoms with Crippen LogP contribution in [-0.2, 0) is 11.2 Å². The van der Waals surface area contributed by atoms with Gasteiger partial charge in [-0.1, -0.05) is 36.4 Å². The average molecular weight is 389 g/mol. The van der Waals surface area contributed by atoms with E-state index in [0.29, 0.717) is 19.5 Å². The number of pyridine rings is 1. The molecule has 0 saturated carbocycles. The topological polar surface area (TPSA) is 36.4 Å². The lowest BCUT2D eigenvalue weighted by Gasteiger charge is -2.37. The van der Waals surface area contributed by atoms with Crippen molar-refractivity contribution in [1.82, 2.24) is 9.88 Å². The van der Waals surface area contributed by atoms with Gasteiger partial charge in [0.25, 0.3) is 0 Å². The van der Waals surface area contributed by atoms with E-state index in [4.69, 9.17) is 0 Å². The van der Waals surface area contributed by atoms with Crippen molar-refractivity contribution in [2.45, 2.75) is 12.3 Å². The number of hydrogen-bond acceptors (Lipinski definition) is 3. The molecule has 1 aromatic heterocycles. The molecule has 2 heterocycles. The number of para-hydroxylation sites is 1. The molecular weight excluding hydrogens is 365 g/mol. The molecule has 0 radical (unpaired) electrons. The number of carbonyl (C=O) groups excluding carboxylic acids is 1. The van der Waals surface area contributed by atoms with Gasteiger partial charge in [0.1, 0.15) is 5.82 Å². The van der Waals surface area contributed by atoms with Crippen LogP contribution in [-0.4, -0.2) is 42.0 Å². The molecule has 4 nitrogen and oxygen atoms in total. The third kappa shape index (κ3) is 4.62. The monoisotopic (exact) mass is 389 g/mol. The van der Waals surface area contributed by atoms with Gasteiger partial charge in [-0.2, -0.15) is 0 Å². The van der Waals surface area contributed by atoms with Crippen LogP contribution in [0.2, 0.25) is 0 Å². The maximum absolute atomic E-state index is 13.4. The summed E-state index contributed by atoms with van der Waals surface area (Å²) >= 11 is 0. The van der Waals surface area contributed by atoms with Gasteiger partial charge in [-0.3, -0.25) is 9.78 Å². The number of piperazine rings is 1. The summed E-state index contributed by atoms with van der Waals surface area (Å²) in [7, 11) is 0. The van der Waals surface area contributed by atoms with Crippen LogP contribution in [0.25, 0.3) is 0 Å². The maximum atomic E-state index is 13.4. The van der Waals surface area contributed by atoms with Crippen molar-refractivity contribution in [2.24, 2.45) is 0 Å². The van der Waals surface area contributed by atoms with Crippen molar-refractivity contribution >= 4 is 11.6 Å². The first-order valence-electron chi connectivity index (χ1n) is 9.95. The highest BCUT2D eigenvalue weighted by Crippen LogP contribution is 2.25. The predicted molar refractivity (Wildman–Crippen MR) is 112 cm³/mol. The van der Waals surface area contributed by atoms with Crippen LogP contribution in [0, 0.1) is 5.82 Å². The number of halogens is 1. The highest BCUT2D eigenvalue weighted by Gasteiger charge is 2.29. The number of rotatable bonds is 5. The van der Waals surface area contributed by atoms with Crippen molar-refractivity contribution in [3.8, 4) is 0 Å². The number of aromatic nitrogens is 1. The highest BCUT2D eigenvalue weighted by molar-refractivity contribution is 5.84. The van der Waals surface area contributed by atoms with Crippen molar-refractivity contribution < 1.29 is 9.18 Å². The maximum Gasteiger partial charge on any atom is 0.230 e. The summed E-state index contributed by atoms with van der Waals surface area (Å²) in [5.41, 5.74) is 2.87. The molecule has 0 N–H and O–H groups in total. The molecule has 0 bridgehead atoms. The molecule has 4 rings (SSSR count). The van der Waals surface area contributed by atoms with Gasteiger partial charge in [0.05, 0.1) is 5.92 Å². The van der Waals surface area contributed by atoms with E-state index in [1.165, 1.54) is 17.8 Å². The number of benzene rings is 2. The lowest BCUT2D eigenvalue weighted by molar-refractivity contribution is -0.133. The number of carbonyl (C=O) groups is 1. The van der Waals surface area contributed by atoms with E-state index in [1.54, 1.807) is 18.3 Å². The summed E-state index contributed by atoms with van der Waals surface area (Å²) in [5.74, 6) is -0.585. The van der Waals surface area contributed by atoms with E-state index in [-0.39, 0.29) is 17.6 Å². The first-order valence-corrected chi connectivity index (χ1v) is 9.95. The zero-order chi connectivity index (χ0) is 20.1. The lowest BCUT2D eigenvalue weighted by atomic mass is 9.92. The molecular formula is C24H24FN3O. The first kappa shape index (κ1) is 19.1. The Bertz CT molecular complexity index is 923. The van der Waals surface area contributed by atoms with Crippen molar-refractivity contribution in [3.05, 3.63) is 96.1 Å². The van der Waals surface area contributed by atoms with Crippen LogP contribution in [0.5, 0.6) is 0 Å². The fourth-order valence-electron chi connectivity index (χ4n) is 3.82. The van der Waals surface area contributed by atoms with Gasteiger partial charge >= 0.3 is 0 Å². The van der Waals surface area contributed by atoms with E-state index in [9.17, 15) is 9.18 Å². The smallest absolute Gasteiger partial charge is 0.230 e. The average Bonchev–Trinajstić information content (AvgIpc) is 2.79. The Morgan fingerprint density at radius 3 is 2.24 bits per heavy atom. The molecule has 148 valence electrons. The number of nitrogens with zero attached hydrogens (tertiary/aromatic N) is 3. The third-order valence-corrected chi connectivity index (χ3v) is 5.42. The second kappa shape index (κ2) is 8.86. The van der Waals surface area contributed by atoms with Gasteiger partial charge in [-0.15, -0.1) is 0 Å². The minimum atomic E-state index is -0.367. The molecule has 5 heteroatoms. The molecule has 2 aromatic carbocycles. The van der Waals surface area contributed by atoms with Gasteiger partial charge in [0.15, 0.2) is 0 Å². The Morgan fingerprint density at radius 1 is 0.897 bits per heavy atom. The third-order valence-electron chi connectivity index (χ3n) is 5.42. The summed E-state index contributed by atoms with van der Waals surface area (Å²) in [6.45, 7) is 2.95. The van der Waals surface area contributed by atoms with Crippen molar-refractivity contribution in [1.29, 1.82) is 0 Å². The number of amides is 1. The van der Waals surface area contributed by atoms with E-state index in [2.05, 4.69) is 22.0 Å². The van der Waals surface area contributed by atoms with Gasteiger partial charge in [0.2, 0.25) is 5.91 Å². The zero-order valence-corrected chi connectivity index (χ0v) is 16.2. The van der Waals surface area contributed by atoms with Gasteiger partial charge in [0, 0.05) is 50.2 Å². The second-order valence-electron chi connectivity index (χ2n) is 7.28. The zero-order valence-electron chi connectivity index (χ0n) is 16.2. The SMILES string of the molecule is O=C(C(Cc1ccccn1)c1ccc(F)cc1)N1CCN(c2ccccc2)CC1. The summed E-state index contributed by atoms with van der Waals surface area (Å²) in [5, 5.41) is 0. The van der Waals surface area contributed by atoms with E-state index < -0.39 is 0 Å². The summed E-state index contributed by atoms with van der Waals surface area (Å²) in [6, 6.07) is 22.2. The van der Waals surface area contributed by atoms with E-state index in [0.717, 1.165) is 24.3 Å². The molecule has 0 spiro atoms. The molecule has 1 amide bonds. The van der Waals surface area contributed by atoms with Gasteiger partial charge < -0.3 is 9.80 Å². The fourth-order valence-corrected chi connectivity index (χ4v) is 3.82. The summed E-state index contributed by atoms with van der Waals surface area (Å²) in [6.07, 6.45) is 2.24. The van der Waals surface area contributed by atoms with Crippen LogP contribution >= 0.6 is 0 Å². The second-order valence-corrected chi connectivity index (χ2v) is 7.28. The van der Waals surface area contributed by atoms with E-state index in [1.807, 2.05) is 41.3 Å². The van der Waals surface area contributed by atoms with Crippen LogP contribution in [0.3, 0.4) is 0 Å².